The maximum Gasteiger partial charge on any atom is 0.420 e. The largest absolute Gasteiger partial charge is 0.420 e. The van der Waals surface area contributed by atoms with Crippen molar-refractivity contribution in [1.29, 1.82) is 0 Å². The maximum atomic E-state index is 13.6. The second-order valence-corrected chi connectivity index (χ2v) is 12.0. The topological polar surface area (TPSA) is 0 Å². The van der Waals surface area contributed by atoms with E-state index in [2.05, 4.69) is 0 Å². The van der Waals surface area contributed by atoms with Crippen LogP contribution in [-0.4, -0.2) is 6.66 Å². The molecule has 1 unspecified atom stereocenters. The summed E-state index contributed by atoms with van der Waals surface area (Å²) in [5.74, 6) is 0. The third-order valence-corrected chi connectivity index (χ3v) is 8.88. The molecule has 0 fully saturated rings. The second-order valence-electron chi connectivity index (χ2n) is 7.45. The standard InChI is InChI=1S/C19H7F18P2/c1-39(13-10(18(32,33)34)4-7(15(23,24)25)5-11(13)19(35,36)37)38-12-8(16(26,27)28)2-6(14(20,21)22)3-9(12)17(29,30)31/h2-5H,1H3/q+1. The normalized spacial score (nSPS) is 14.7. The molecule has 0 bridgehead atoms. The average molecular weight is 639 g/mol. The summed E-state index contributed by atoms with van der Waals surface area (Å²) < 4.78 is 241. The van der Waals surface area contributed by atoms with E-state index >= 15 is 0 Å². The third kappa shape index (κ3) is 7.50. The molecular formula is C19H7F18P2+. The molecule has 0 saturated carbocycles. The summed E-state index contributed by atoms with van der Waals surface area (Å²) in [7, 11) is -5.17. The number of halogens is 18. The zero-order valence-corrected chi connectivity index (χ0v) is 19.8. The van der Waals surface area contributed by atoms with E-state index in [-0.39, 0.29) is 0 Å². The number of rotatable bonds is 2. The van der Waals surface area contributed by atoms with Crippen molar-refractivity contribution in [2.75, 3.05) is 6.66 Å². The van der Waals surface area contributed by atoms with E-state index in [4.69, 9.17) is 0 Å². The van der Waals surface area contributed by atoms with Gasteiger partial charge in [-0.2, -0.15) is 79.0 Å². The van der Waals surface area contributed by atoms with Crippen LogP contribution >= 0.6 is 15.1 Å². The molecule has 2 aromatic rings. The van der Waals surface area contributed by atoms with Gasteiger partial charge in [0.15, 0.2) is 20.4 Å². The molecule has 0 aromatic heterocycles. The zero-order chi connectivity index (χ0) is 30.7. The van der Waals surface area contributed by atoms with Crippen molar-refractivity contribution in [2.24, 2.45) is 0 Å². The molecule has 0 heterocycles. The van der Waals surface area contributed by atoms with E-state index in [0.717, 1.165) is 0 Å². The summed E-state index contributed by atoms with van der Waals surface area (Å²) in [6.07, 6.45) is -35.6. The molecule has 0 N–H and O–H groups in total. The fourth-order valence-electron chi connectivity index (χ4n) is 3.12. The van der Waals surface area contributed by atoms with Crippen LogP contribution in [0.3, 0.4) is 0 Å². The Hall–Kier alpha value is -2.22. The van der Waals surface area contributed by atoms with Crippen LogP contribution in [0.4, 0.5) is 79.0 Å². The Morgan fingerprint density at radius 1 is 0.436 bits per heavy atom. The molecule has 2 rings (SSSR count). The maximum absolute atomic E-state index is 13.6. The van der Waals surface area contributed by atoms with E-state index in [9.17, 15) is 79.0 Å². The number of alkyl halides is 18. The highest BCUT2D eigenvalue weighted by Crippen LogP contribution is 2.48. The molecule has 0 saturated heterocycles. The lowest BCUT2D eigenvalue weighted by Crippen LogP contribution is -2.28. The smallest absolute Gasteiger partial charge is 0.166 e. The minimum absolute atomic E-state index is 0.307. The highest BCUT2D eigenvalue weighted by atomic mass is 31.8. The van der Waals surface area contributed by atoms with E-state index in [1.54, 1.807) is 0 Å². The Labute approximate surface area is 207 Å². The Bertz CT molecular complexity index is 1200. The number of hydrogen-bond donors (Lipinski definition) is 0. The van der Waals surface area contributed by atoms with Crippen molar-refractivity contribution in [1.82, 2.24) is 0 Å². The Morgan fingerprint density at radius 3 is 0.923 bits per heavy atom. The van der Waals surface area contributed by atoms with Gasteiger partial charge in [0.1, 0.15) is 17.8 Å². The molecular weight excluding hydrogens is 632 g/mol. The second kappa shape index (κ2) is 10.0. The quantitative estimate of drug-likeness (QED) is 0.227. The van der Waals surface area contributed by atoms with Gasteiger partial charge in [0.05, 0.1) is 27.6 Å². The zero-order valence-electron chi connectivity index (χ0n) is 18.0. The molecule has 1 atom stereocenters. The van der Waals surface area contributed by atoms with Crippen molar-refractivity contribution in [3.8, 4) is 0 Å². The molecule has 0 radical (unpaired) electrons. The van der Waals surface area contributed by atoms with E-state index in [1.165, 1.54) is 0 Å². The number of benzene rings is 2. The third-order valence-electron chi connectivity index (χ3n) is 4.67. The van der Waals surface area contributed by atoms with Crippen molar-refractivity contribution < 1.29 is 79.0 Å². The monoisotopic (exact) mass is 639 g/mol. The molecule has 0 aliphatic rings. The molecule has 0 amide bonds. The molecule has 20 heteroatoms. The van der Waals surface area contributed by atoms with Crippen molar-refractivity contribution in [3.05, 3.63) is 57.6 Å². The fourth-order valence-corrected chi connectivity index (χ4v) is 7.69. The van der Waals surface area contributed by atoms with Gasteiger partial charge in [0, 0.05) is 0 Å². The van der Waals surface area contributed by atoms with Crippen LogP contribution in [0.5, 0.6) is 0 Å². The summed E-state index contributed by atoms with van der Waals surface area (Å²) in [4.78, 5) is 0. The summed E-state index contributed by atoms with van der Waals surface area (Å²) in [6, 6.07) is -3.19. The Balaban J connectivity index is 3.17. The predicted molar refractivity (Wildman–Crippen MR) is 102 cm³/mol. The van der Waals surface area contributed by atoms with Crippen LogP contribution in [0, 0.1) is 0 Å². The van der Waals surface area contributed by atoms with Crippen LogP contribution in [0.2, 0.25) is 0 Å². The molecule has 39 heavy (non-hydrogen) atoms. The van der Waals surface area contributed by atoms with Gasteiger partial charge < -0.3 is 0 Å². The van der Waals surface area contributed by atoms with Crippen molar-refractivity contribution >= 4 is 25.7 Å². The van der Waals surface area contributed by atoms with Gasteiger partial charge >= 0.3 is 37.1 Å². The van der Waals surface area contributed by atoms with Gasteiger partial charge in [-0.3, -0.25) is 0 Å². The lowest BCUT2D eigenvalue weighted by molar-refractivity contribution is -0.149. The first-order chi connectivity index (χ1) is 17.1. The summed E-state index contributed by atoms with van der Waals surface area (Å²) >= 11 is 0. The summed E-state index contributed by atoms with van der Waals surface area (Å²) in [6.45, 7) is 0.307. The van der Waals surface area contributed by atoms with Gasteiger partial charge in [0.25, 0.3) is 0 Å². The van der Waals surface area contributed by atoms with Crippen molar-refractivity contribution in [2.45, 2.75) is 37.1 Å². The number of hydrogen-bond acceptors (Lipinski definition) is 0. The highest BCUT2D eigenvalue weighted by molar-refractivity contribution is 8.01. The summed E-state index contributed by atoms with van der Waals surface area (Å²) in [5.41, 5.74) is -15.5. The van der Waals surface area contributed by atoms with Crippen molar-refractivity contribution in [3.63, 3.8) is 0 Å². The Kier molecular flexibility index (Phi) is 8.46. The first-order valence-electron chi connectivity index (χ1n) is 9.31. The Morgan fingerprint density at radius 2 is 0.692 bits per heavy atom. The van der Waals surface area contributed by atoms with Gasteiger partial charge in [0.2, 0.25) is 0 Å². The molecule has 2 aromatic carbocycles. The van der Waals surface area contributed by atoms with Gasteiger partial charge in [-0.1, -0.05) is 0 Å². The fraction of sp³-hybridized carbons (Fsp3) is 0.368. The molecule has 0 aliphatic heterocycles. The highest BCUT2D eigenvalue weighted by Gasteiger charge is 2.50. The van der Waals surface area contributed by atoms with Gasteiger partial charge in [-0.15, -0.1) is 0 Å². The van der Waals surface area contributed by atoms with Crippen LogP contribution in [0.15, 0.2) is 24.3 Å². The van der Waals surface area contributed by atoms with Crippen LogP contribution in [0.25, 0.3) is 0 Å². The SMILES string of the molecule is C[P+](=Pc1c(C(F)(F)F)cc(C(F)(F)F)cc1C(F)(F)F)c1c(C(F)(F)F)cc(C(F)(F)F)cc1C(F)(F)F. The lowest BCUT2D eigenvalue weighted by Gasteiger charge is -2.19. The first kappa shape index (κ1) is 33.0. The van der Waals surface area contributed by atoms with Gasteiger partial charge in [-0.25, -0.2) is 0 Å². The minimum Gasteiger partial charge on any atom is -0.166 e. The summed E-state index contributed by atoms with van der Waals surface area (Å²) in [5, 5.41) is -4.22. The van der Waals surface area contributed by atoms with Gasteiger partial charge in [-0.05, 0) is 24.3 Å². The van der Waals surface area contributed by atoms with Crippen LogP contribution in [0.1, 0.15) is 33.4 Å². The van der Waals surface area contributed by atoms with E-state index < -0.39 is 120 Å². The minimum atomic E-state index is -6.01. The van der Waals surface area contributed by atoms with Crippen LogP contribution in [-0.2, 0) is 37.1 Å². The molecule has 0 nitrogen and oxygen atoms in total. The van der Waals surface area contributed by atoms with E-state index in [1.807, 2.05) is 0 Å². The predicted octanol–water partition coefficient (Wildman–Crippen LogP) is 9.72. The van der Waals surface area contributed by atoms with E-state index in [0.29, 0.717) is 6.66 Å². The molecule has 0 spiro atoms. The lowest BCUT2D eigenvalue weighted by atomic mass is 10.0. The van der Waals surface area contributed by atoms with Crippen LogP contribution < -0.4 is 10.6 Å². The molecule has 0 aliphatic carbocycles. The average Bonchev–Trinajstić information content (AvgIpc) is 2.68. The first-order valence-corrected chi connectivity index (χ1v) is 12.7. The molecule has 218 valence electrons.